The molecule has 0 bridgehead atoms. The molecule has 2 heterocycles. The fourth-order valence-electron chi connectivity index (χ4n) is 2.57. The molecule has 3 rings (SSSR count). The Balaban J connectivity index is 1.90. The van der Waals surface area contributed by atoms with Crippen LogP contribution < -0.4 is 5.32 Å². The molecule has 1 saturated heterocycles. The van der Waals surface area contributed by atoms with Crippen LogP contribution in [0.3, 0.4) is 0 Å². The third-order valence-electron chi connectivity index (χ3n) is 3.50. The Labute approximate surface area is 123 Å². The molecule has 98 valence electrons. The highest BCUT2D eigenvalue weighted by Crippen LogP contribution is 2.30. The number of hydrogen-bond acceptors (Lipinski definition) is 3. The van der Waals surface area contributed by atoms with Crippen LogP contribution >= 0.6 is 22.6 Å². The largest absolute Gasteiger partial charge is 0.322 e. The van der Waals surface area contributed by atoms with Gasteiger partial charge in [0.25, 0.3) is 5.91 Å². The molecule has 1 N–H and O–H groups in total. The van der Waals surface area contributed by atoms with Gasteiger partial charge in [-0.3, -0.25) is 19.7 Å². The summed E-state index contributed by atoms with van der Waals surface area (Å²) in [5.41, 5.74) is 1.63. The average molecular weight is 370 g/mol. The van der Waals surface area contributed by atoms with E-state index in [1.54, 1.807) is 4.90 Å². The first-order valence-electron chi connectivity index (χ1n) is 6.00. The van der Waals surface area contributed by atoms with E-state index in [9.17, 15) is 14.4 Å². The maximum Gasteiger partial charge on any atom is 0.256 e. The van der Waals surface area contributed by atoms with Gasteiger partial charge in [0.15, 0.2) is 0 Å². The zero-order valence-corrected chi connectivity index (χ0v) is 12.1. The van der Waals surface area contributed by atoms with Crippen LogP contribution in [-0.4, -0.2) is 28.7 Å². The van der Waals surface area contributed by atoms with Gasteiger partial charge in [0, 0.05) is 16.5 Å². The number of benzene rings is 1. The minimum Gasteiger partial charge on any atom is -0.322 e. The Morgan fingerprint density at radius 3 is 2.74 bits per heavy atom. The number of piperidine rings is 1. The number of amides is 3. The summed E-state index contributed by atoms with van der Waals surface area (Å²) in [5.74, 6) is -0.748. The predicted octanol–water partition coefficient (Wildman–Crippen LogP) is 1.05. The monoisotopic (exact) mass is 370 g/mol. The van der Waals surface area contributed by atoms with Gasteiger partial charge in [-0.2, -0.15) is 0 Å². The van der Waals surface area contributed by atoms with E-state index in [-0.39, 0.29) is 24.1 Å². The topological polar surface area (TPSA) is 66.5 Å². The van der Waals surface area contributed by atoms with Crippen molar-refractivity contribution in [2.75, 3.05) is 0 Å². The minimum absolute atomic E-state index is 0.116. The zero-order valence-electron chi connectivity index (χ0n) is 9.98. The normalized spacial score (nSPS) is 22.5. The maximum absolute atomic E-state index is 12.4. The van der Waals surface area contributed by atoms with Crippen molar-refractivity contribution in [1.29, 1.82) is 0 Å². The highest BCUT2D eigenvalue weighted by molar-refractivity contribution is 14.1. The van der Waals surface area contributed by atoms with Crippen LogP contribution in [0.15, 0.2) is 18.2 Å². The van der Waals surface area contributed by atoms with Crippen molar-refractivity contribution in [3.8, 4) is 0 Å². The summed E-state index contributed by atoms with van der Waals surface area (Å²) in [6, 6.07) is 5.15. The molecule has 0 saturated carbocycles. The van der Waals surface area contributed by atoms with Crippen LogP contribution in [0.25, 0.3) is 0 Å². The van der Waals surface area contributed by atoms with Crippen molar-refractivity contribution in [2.45, 2.75) is 25.4 Å². The van der Waals surface area contributed by atoms with Crippen LogP contribution in [0.2, 0.25) is 0 Å². The van der Waals surface area contributed by atoms with Gasteiger partial charge in [-0.15, -0.1) is 0 Å². The highest BCUT2D eigenvalue weighted by Gasteiger charge is 2.39. The van der Waals surface area contributed by atoms with Gasteiger partial charge < -0.3 is 4.90 Å². The van der Waals surface area contributed by atoms with Crippen molar-refractivity contribution in [3.05, 3.63) is 32.9 Å². The fraction of sp³-hybridized carbons (Fsp3) is 0.308. The number of halogens is 1. The third kappa shape index (κ3) is 2.03. The van der Waals surface area contributed by atoms with E-state index in [0.717, 1.165) is 9.13 Å². The van der Waals surface area contributed by atoms with Crippen molar-refractivity contribution >= 4 is 40.3 Å². The first kappa shape index (κ1) is 12.6. The van der Waals surface area contributed by atoms with Crippen LogP contribution in [0.1, 0.15) is 28.8 Å². The minimum atomic E-state index is -0.534. The molecule has 1 unspecified atom stereocenters. The van der Waals surface area contributed by atoms with Crippen molar-refractivity contribution in [1.82, 2.24) is 10.2 Å². The Morgan fingerprint density at radius 1 is 1.26 bits per heavy atom. The second kappa shape index (κ2) is 4.59. The van der Waals surface area contributed by atoms with E-state index in [2.05, 4.69) is 27.9 Å². The molecule has 1 fully saturated rings. The SMILES string of the molecule is O=C1CCC(N2Cc3cccc(I)c3C2=O)C(=O)N1. The van der Waals surface area contributed by atoms with E-state index in [1.165, 1.54) is 0 Å². The quantitative estimate of drug-likeness (QED) is 0.594. The molecule has 2 aliphatic rings. The molecule has 1 aromatic carbocycles. The standard InChI is InChI=1S/C13H11IN2O3/c14-8-3-1-2-7-6-16(13(19)11(7)8)9-4-5-10(17)15-12(9)18/h1-3,9H,4-6H2,(H,15,17,18). The number of carbonyl (C=O) groups is 3. The van der Waals surface area contributed by atoms with E-state index in [4.69, 9.17) is 0 Å². The van der Waals surface area contributed by atoms with Crippen molar-refractivity contribution < 1.29 is 14.4 Å². The number of imide groups is 1. The first-order chi connectivity index (χ1) is 9.08. The number of rotatable bonds is 1. The highest BCUT2D eigenvalue weighted by atomic mass is 127. The molecule has 5 nitrogen and oxygen atoms in total. The summed E-state index contributed by atoms with van der Waals surface area (Å²) < 4.78 is 0.898. The summed E-state index contributed by atoms with van der Waals surface area (Å²) in [5, 5.41) is 2.29. The molecule has 1 atom stereocenters. The van der Waals surface area contributed by atoms with Gasteiger partial charge in [-0.25, -0.2) is 0 Å². The second-order valence-corrected chi connectivity index (χ2v) is 5.84. The Hall–Kier alpha value is -1.44. The van der Waals surface area contributed by atoms with Crippen LogP contribution in [0, 0.1) is 3.57 Å². The summed E-state index contributed by atoms with van der Waals surface area (Å²) in [6.07, 6.45) is 0.689. The summed E-state index contributed by atoms with van der Waals surface area (Å²) in [7, 11) is 0. The summed E-state index contributed by atoms with van der Waals surface area (Å²) in [4.78, 5) is 37.0. The molecule has 0 aromatic heterocycles. The van der Waals surface area contributed by atoms with Gasteiger partial charge in [0.1, 0.15) is 6.04 Å². The third-order valence-corrected chi connectivity index (χ3v) is 4.40. The average Bonchev–Trinajstić information content (AvgIpc) is 2.68. The first-order valence-corrected chi connectivity index (χ1v) is 7.08. The van der Waals surface area contributed by atoms with Gasteiger partial charge in [-0.1, -0.05) is 12.1 Å². The van der Waals surface area contributed by atoms with Crippen molar-refractivity contribution in [3.63, 3.8) is 0 Å². The van der Waals surface area contributed by atoms with E-state index in [0.29, 0.717) is 18.5 Å². The number of fused-ring (bicyclic) bond motifs is 1. The molecule has 19 heavy (non-hydrogen) atoms. The maximum atomic E-state index is 12.4. The second-order valence-electron chi connectivity index (χ2n) is 4.67. The molecule has 1 aromatic rings. The predicted molar refractivity (Wildman–Crippen MR) is 75.2 cm³/mol. The molecule has 2 aliphatic heterocycles. The lowest BCUT2D eigenvalue weighted by Crippen LogP contribution is -2.52. The van der Waals surface area contributed by atoms with Gasteiger partial charge >= 0.3 is 0 Å². The number of nitrogens with zero attached hydrogens (tertiary/aromatic N) is 1. The van der Waals surface area contributed by atoms with Gasteiger partial charge in [0.2, 0.25) is 11.8 Å². The van der Waals surface area contributed by atoms with E-state index in [1.807, 2.05) is 18.2 Å². The molecular weight excluding hydrogens is 359 g/mol. The lowest BCUT2D eigenvalue weighted by molar-refractivity contribution is -0.136. The molecular formula is C13H11IN2O3. The van der Waals surface area contributed by atoms with Gasteiger partial charge in [0.05, 0.1) is 5.56 Å². The van der Waals surface area contributed by atoms with Crippen LogP contribution in [-0.2, 0) is 16.1 Å². The van der Waals surface area contributed by atoms with E-state index < -0.39 is 6.04 Å². The molecule has 0 spiro atoms. The lowest BCUT2D eigenvalue weighted by atomic mass is 10.0. The van der Waals surface area contributed by atoms with Crippen molar-refractivity contribution in [2.24, 2.45) is 0 Å². The Morgan fingerprint density at radius 2 is 2.05 bits per heavy atom. The summed E-state index contributed by atoms with van der Waals surface area (Å²) in [6.45, 7) is 0.442. The Bertz CT molecular complexity index is 600. The molecule has 0 radical (unpaired) electrons. The Kier molecular flexibility index (Phi) is 3.04. The lowest BCUT2D eigenvalue weighted by Gasteiger charge is -2.29. The van der Waals surface area contributed by atoms with Crippen LogP contribution in [0.5, 0.6) is 0 Å². The fourth-order valence-corrected chi connectivity index (χ4v) is 3.35. The molecule has 6 heteroatoms. The zero-order chi connectivity index (χ0) is 13.6. The summed E-state index contributed by atoms with van der Waals surface area (Å²) >= 11 is 2.13. The molecule has 3 amide bonds. The number of hydrogen-bond donors (Lipinski definition) is 1. The smallest absolute Gasteiger partial charge is 0.256 e. The van der Waals surface area contributed by atoms with Crippen LogP contribution in [0.4, 0.5) is 0 Å². The van der Waals surface area contributed by atoms with E-state index >= 15 is 0 Å². The van der Waals surface area contributed by atoms with Gasteiger partial charge in [-0.05, 0) is 40.6 Å². The number of carbonyl (C=O) groups excluding carboxylic acids is 3. The molecule has 0 aliphatic carbocycles. The number of nitrogens with one attached hydrogen (secondary N) is 1.